The molecule has 0 spiro atoms. The fraction of sp³-hybridized carbons (Fsp3) is 0.333. The van der Waals surface area contributed by atoms with Gasteiger partial charge in [-0.1, -0.05) is 18.2 Å². The van der Waals surface area contributed by atoms with Crippen molar-refractivity contribution in [1.29, 1.82) is 0 Å². The topological polar surface area (TPSA) is 41.9 Å². The lowest BCUT2D eigenvalue weighted by Crippen LogP contribution is -2.35. The van der Waals surface area contributed by atoms with E-state index in [1.54, 1.807) is 12.1 Å². The molecule has 4 nitrogen and oxygen atoms in total. The molecule has 0 aliphatic carbocycles. The van der Waals surface area contributed by atoms with E-state index in [0.29, 0.717) is 25.4 Å². The van der Waals surface area contributed by atoms with Gasteiger partial charge in [0.05, 0.1) is 0 Å². The third-order valence-electron chi connectivity index (χ3n) is 3.26. The fourth-order valence-corrected chi connectivity index (χ4v) is 2.06. The van der Waals surface area contributed by atoms with Gasteiger partial charge in [0.1, 0.15) is 36.6 Å². The lowest BCUT2D eigenvalue weighted by Gasteiger charge is -2.20. The fourth-order valence-electron chi connectivity index (χ4n) is 2.06. The average Bonchev–Trinajstić information content (AvgIpc) is 2.56. The molecule has 1 atom stereocenters. The van der Waals surface area contributed by atoms with Crippen LogP contribution in [-0.2, 0) is 0 Å². The van der Waals surface area contributed by atoms with Crippen LogP contribution in [0.4, 0.5) is 4.39 Å². The largest absolute Gasteiger partial charge is 0.492 e. The van der Waals surface area contributed by atoms with Crippen molar-refractivity contribution in [1.82, 2.24) is 4.90 Å². The molecule has 0 saturated carbocycles. The summed E-state index contributed by atoms with van der Waals surface area (Å²) in [6, 6.07) is 15.3. The second-order valence-corrected chi connectivity index (χ2v) is 5.34. The summed E-state index contributed by atoms with van der Waals surface area (Å²) in [4.78, 5) is 1.96. The summed E-state index contributed by atoms with van der Waals surface area (Å²) in [7, 11) is 1.90. The quantitative estimate of drug-likeness (QED) is 0.771. The van der Waals surface area contributed by atoms with E-state index in [4.69, 9.17) is 9.47 Å². The summed E-state index contributed by atoms with van der Waals surface area (Å²) in [5.74, 6) is 1.10. The minimum atomic E-state index is -0.578. The van der Waals surface area contributed by atoms with Gasteiger partial charge in [-0.05, 0) is 43.4 Å². The first-order chi connectivity index (χ1) is 11.1. The highest BCUT2D eigenvalue weighted by molar-refractivity contribution is 5.22. The first kappa shape index (κ1) is 17.2. The lowest BCUT2D eigenvalue weighted by atomic mass is 10.3. The molecule has 0 aliphatic rings. The minimum Gasteiger partial charge on any atom is -0.492 e. The van der Waals surface area contributed by atoms with E-state index in [2.05, 4.69) is 0 Å². The molecule has 1 unspecified atom stereocenters. The highest BCUT2D eigenvalue weighted by Crippen LogP contribution is 2.11. The van der Waals surface area contributed by atoms with E-state index >= 15 is 0 Å². The number of hydrogen-bond donors (Lipinski definition) is 1. The molecule has 0 fully saturated rings. The number of benzene rings is 2. The zero-order valence-corrected chi connectivity index (χ0v) is 13.2. The highest BCUT2D eigenvalue weighted by atomic mass is 19.1. The van der Waals surface area contributed by atoms with Gasteiger partial charge in [0, 0.05) is 13.1 Å². The zero-order valence-electron chi connectivity index (χ0n) is 13.2. The normalized spacial score (nSPS) is 12.2. The van der Waals surface area contributed by atoms with E-state index in [-0.39, 0.29) is 12.4 Å². The Labute approximate surface area is 136 Å². The predicted octanol–water partition coefficient (Wildman–Crippen LogP) is 2.58. The molecule has 0 radical (unpaired) electrons. The Morgan fingerprint density at radius 1 is 1.00 bits per heavy atom. The van der Waals surface area contributed by atoms with Crippen LogP contribution >= 0.6 is 0 Å². The molecule has 2 aromatic carbocycles. The molecule has 0 saturated heterocycles. The lowest BCUT2D eigenvalue weighted by molar-refractivity contribution is 0.0723. The smallest absolute Gasteiger partial charge is 0.123 e. The van der Waals surface area contributed by atoms with Gasteiger partial charge in [-0.3, -0.25) is 0 Å². The third kappa shape index (κ3) is 6.67. The molecule has 2 rings (SSSR count). The second-order valence-electron chi connectivity index (χ2n) is 5.34. The number of para-hydroxylation sites is 1. The summed E-state index contributed by atoms with van der Waals surface area (Å²) in [6.45, 7) is 1.85. The summed E-state index contributed by atoms with van der Waals surface area (Å²) < 4.78 is 23.8. The van der Waals surface area contributed by atoms with Gasteiger partial charge in [0.25, 0.3) is 0 Å². The van der Waals surface area contributed by atoms with E-state index in [1.165, 1.54) is 12.1 Å². The van der Waals surface area contributed by atoms with Crippen molar-refractivity contribution in [2.75, 3.05) is 33.4 Å². The molecule has 0 heterocycles. The molecule has 2 aromatic rings. The summed E-state index contributed by atoms with van der Waals surface area (Å²) >= 11 is 0. The van der Waals surface area contributed by atoms with E-state index in [1.807, 2.05) is 42.3 Å². The number of aliphatic hydroxyl groups excluding tert-OH is 1. The van der Waals surface area contributed by atoms with Crippen LogP contribution in [0.25, 0.3) is 0 Å². The molecule has 1 N–H and O–H groups in total. The van der Waals surface area contributed by atoms with E-state index in [9.17, 15) is 9.50 Å². The number of aliphatic hydroxyl groups is 1. The van der Waals surface area contributed by atoms with Crippen molar-refractivity contribution in [3.63, 3.8) is 0 Å². The van der Waals surface area contributed by atoms with Crippen LogP contribution in [0.15, 0.2) is 54.6 Å². The van der Waals surface area contributed by atoms with E-state index in [0.717, 1.165) is 5.75 Å². The molecular formula is C18H22FNO3. The van der Waals surface area contributed by atoms with Gasteiger partial charge >= 0.3 is 0 Å². The van der Waals surface area contributed by atoms with Gasteiger partial charge < -0.3 is 19.5 Å². The summed E-state index contributed by atoms with van der Waals surface area (Å²) in [6.07, 6.45) is -0.578. The van der Waals surface area contributed by atoms with Crippen molar-refractivity contribution in [3.8, 4) is 11.5 Å². The number of rotatable bonds is 9. The predicted molar refractivity (Wildman–Crippen MR) is 87.3 cm³/mol. The van der Waals surface area contributed by atoms with Crippen molar-refractivity contribution < 1.29 is 19.0 Å². The van der Waals surface area contributed by atoms with Gasteiger partial charge in [0.15, 0.2) is 0 Å². The zero-order chi connectivity index (χ0) is 16.5. The SMILES string of the molecule is CN(CCOc1ccc(F)cc1)CC(O)COc1ccccc1. The molecule has 5 heteroatoms. The van der Waals surface area contributed by atoms with Crippen molar-refractivity contribution in [2.45, 2.75) is 6.10 Å². The van der Waals surface area contributed by atoms with Crippen LogP contribution < -0.4 is 9.47 Å². The summed E-state index contributed by atoms with van der Waals surface area (Å²) in [5.41, 5.74) is 0. The number of hydrogen-bond acceptors (Lipinski definition) is 4. The first-order valence-electron chi connectivity index (χ1n) is 7.56. The third-order valence-corrected chi connectivity index (χ3v) is 3.26. The Balaban J connectivity index is 1.61. The molecule has 0 aliphatic heterocycles. The number of ether oxygens (including phenoxy) is 2. The molecular weight excluding hydrogens is 297 g/mol. The van der Waals surface area contributed by atoms with Crippen LogP contribution in [0.5, 0.6) is 11.5 Å². The van der Waals surface area contributed by atoms with Crippen molar-refractivity contribution in [3.05, 3.63) is 60.4 Å². The van der Waals surface area contributed by atoms with Crippen LogP contribution in [0.1, 0.15) is 0 Å². The van der Waals surface area contributed by atoms with Crippen LogP contribution in [0.2, 0.25) is 0 Å². The van der Waals surface area contributed by atoms with Crippen LogP contribution in [0, 0.1) is 5.82 Å². The molecule has 0 amide bonds. The van der Waals surface area contributed by atoms with Crippen molar-refractivity contribution >= 4 is 0 Å². The summed E-state index contributed by atoms with van der Waals surface area (Å²) in [5, 5.41) is 9.98. The van der Waals surface area contributed by atoms with Gasteiger partial charge in [-0.25, -0.2) is 4.39 Å². The Morgan fingerprint density at radius 3 is 2.35 bits per heavy atom. The molecule has 0 aromatic heterocycles. The molecule has 0 bridgehead atoms. The van der Waals surface area contributed by atoms with Gasteiger partial charge in [-0.2, -0.15) is 0 Å². The standard InChI is InChI=1S/C18H22FNO3/c1-20(11-12-22-18-9-7-15(19)8-10-18)13-16(21)14-23-17-5-3-2-4-6-17/h2-10,16,21H,11-14H2,1H3. The molecule has 124 valence electrons. The number of halogens is 1. The van der Waals surface area contributed by atoms with Crippen LogP contribution in [-0.4, -0.2) is 49.5 Å². The molecule has 23 heavy (non-hydrogen) atoms. The van der Waals surface area contributed by atoms with Gasteiger partial charge in [0.2, 0.25) is 0 Å². The highest BCUT2D eigenvalue weighted by Gasteiger charge is 2.09. The number of nitrogens with zero attached hydrogens (tertiary/aromatic N) is 1. The second kappa shape index (κ2) is 9.12. The van der Waals surface area contributed by atoms with E-state index < -0.39 is 6.10 Å². The maximum absolute atomic E-state index is 12.8. The Bertz CT molecular complexity index is 562. The Kier molecular flexibility index (Phi) is 6.84. The maximum Gasteiger partial charge on any atom is 0.123 e. The number of likely N-dealkylation sites (N-methyl/N-ethyl adjacent to an activating group) is 1. The Morgan fingerprint density at radius 2 is 1.65 bits per heavy atom. The Hall–Kier alpha value is -2.11. The maximum atomic E-state index is 12.8. The average molecular weight is 319 g/mol. The first-order valence-corrected chi connectivity index (χ1v) is 7.56. The van der Waals surface area contributed by atoms with Crippen molar-refractivity contribution in [2.24, 2.45) is 0 Å². The monoisotopic (exact) mass is 319 g/mol. The van der Waals surface area contributed by atoms with Crippen LogP contribution in [0.3, 0.4) is 0 Å². The minimum absolute atomic E-state index is 0.243. The van der Waals surface area contributed by atoms with Gasteiger partial charge in [-0.15, -0.1) is 0 Å².